The molecule has 0 atom stereocenters. The van der Waals surface area contributed by atoms with Crippen molar-refractivity contribution >= 4 is 40.5 Å². The summed E-state index contributed by atoms with van der Waals surface area (Å²) in [6, 6.07) is 47.3. The van der Waals surface area contributed by atoms with Crippen molar-refractivity contribution in [2.45, 2.75) is 134 Å². The number of nitrogens with zero attached hydrogens (tertiary/aromatic N) is 16. The predicted octanol–water partition coefficient (Wildman–Crippen LogP) is 20.2. The number of Topliss-reactive ketones (excluding diaryl/α,β-unsaturated/α-hetero) is 5. The number of carbonyl (C=O) groups excluding carboxylic acids is 5. The summed E-state index contributed by atoms with van der Waals surface area (Å²) in [5.74, 6) is 3.03. The monoisotopic (exact) mass is 1740 g/mol. The number of carbonyl (C=O) groups is 5. The van der Waals surface area contributed by atoms with E-state index in [1.165, 1.54) is 37.1 Å². The van der Waals surface area contributed by atoms with E-state index in [2.05, 4.69) is 79.7 Å². The van der Waals surface area contributed by atoms with Gasteiger partial charge in [-0.2, -0.15) is 0 Å². The average Bonchev–Trinajstić information content (AvgIpc) is 0.851. The van der Waals surface area contributed by atoms with Gasteiger partial charge in [0.15, 0.2) is 34.7 Å². The van der Waals surface area contributed by atoms with Gasteiger partial charge < -0.3 is 23.7 Å². The number of halogens is 3. The van der Waals surface area contributed by atoms with Crippen molar-refractivity contribution in [2.75, 3.05) is 0 Å². The topological polar surface area (TPSA) is 338 Å². The Bertz CT molecular complexity index is 6400. The number of ketones is 5. The second-order valence-corrected chi connectivity index (χ2v) is 29.8. The zero-order chi connectivity index (χ0) is 91.2. The molecular weight excluding hydrogens is 1650 g/mol. The van der Waals surface area contributed by atoms with Crippen molar-refractivity contribution in [1.29, 1.82) is 0 Å². The Morgan fingerprint density at radius 1 is 0.281 bits per heavy atom. The van der Waals surface area contributed by atoms with Gasteiger partial charge >= 0.3 is 0 Å². The molecule has 0 N–H and O–H groups in total. The first-order valence-corrected chi connectivity index (χ1v) is 41.1. The molecule has 0 saturated heterocycles. The highest BCUT2D eigenvalue weighted by Crippen LogP contribution is 2.30. The SMILES string of the molecule is CCc1cc(Oc2cncc(F)c2)cc(C(=O)Cc2ccc(C)cn2)n1.CCc1cc(Oc2cncc(F)c2)cc(C(=O)Cc2cccc(C)n2)n1.CCc1cc(Oc2cncnc2)cc(C(=O)Cc2ccc(C)c(C)n2)n1.Cc1ccc(CC(=O)c2cc(Oc3cncc(Cl)c3)cc(C)n2)nc1.Cc1ccc(Oc2cc(C)nc(C(=O)Cc3cccc(C)n3)c2)cn1. The smallest absolute Gasteiger partial charge is 0.187 e. The fourth-order valence-corrected chi connectivity index (χ4v) is 12.2. The molecule has 0 saturated carbocycles. The van der Waals surface area contributed by atoms with Gasteiger partial charge in [-0.15, -0.1) is 0 Å². The highest BCUT2D eigenvalue weighted by atomic mass is 35.5. The molecule has 26 nitrogen and oxygen atoms in total. The second kappa shape index (κ2) is 45.9. The molecule has 15 heterocycles. The molecule has 0 aliphatic heterocycles. The van der Waals surface area contributed by atoms with Crippen LogP contribution in [0.2, 0.25) is 5.02 Å². The Kier molecular flexibility index (Phi) is 33.5. The molecule has 128 heavy (non-hydrogen) atoms. The maximum Gasteiger partial charge on any atom is 0.187 e. The van der Waals surface area contributed by atoms with Crippen molar-refractivity contribution < 1.29 is 56.4 Å². The van der Waals surface area contributed by atoms with Gasteiger partial charge in [0.2, 0.25) is 0 Å². The van der Waals surface area contributed by atoms with E-state index in [1.807, 2.05) is 174 Å². The summed E-state index contributed by atoms with van der Waals surface area (Å²) in [7, 11) is 0. The molecule has 15 aromatic rings. The Hall–Kier alpha value is -15.3. The Morgan fingerprint density at radius 2 is 0.648 bits per heavy atom. The maximum absolute atomic E-state index is 13.3. The van der Waals surface area contributed by atoms with Gasteiger partial charge in [0.25, 0.3) is 0 Å². The summed E-state index contributed by atoms with van der Waals surface area (Å²) in [4.78, 5) is 130. The maximum atomic E-state index is 13.3. The van der Waals surface area contributed by atoms with Crippen molar-refractivity contribution in [3.05, 3.63) is 380 Å². The van der Waals surface area contributed by atoms with Gasteiger partial charge in [-0.1, -0.05) is 62.7 Å². The standard InChI is InChI=1S/2C20H18FN3O2.C20H20N4O2.C20H19N3O2.C19H16ClN3O2/c1-3-15-7-17(26-18-6-14(21)11-22-12-18)9-19(24-15)20(25)8-16-5-4-13(2)10-23-16;1-3-15-8-17(26-18-7-14(21)11-22-12-18)10-19(24-15)20(25)9-16-6-4-5-13(2)23-16;1-4-15-7-17(26-18-10-21-12-22-11-18)9-19(24-15)20(25)8-16-6-5-13(2)14(3)23-16;1-13-7-8-17(12-21-13)25-18-9-15(3)23-19(11-18)20(24)10-16-6-4-5-14(2)22-16;1-12-3-4-15(22-9-12)7-19(24)18-8-16(5-13(2)23-18)25-17-6-14(20)10-21-11-17/h4-7,9-12H,3,8H2,1-2H3;4-8,10-12H,3,9H2,1-2H3;5-7,9-12H,4,8H2,1-3H3;4-9,11-12H,10H2,1-3H3;3-6,8-11H,7H2,1-2H3. The minimum atomic E-state index is -0.492. The molecule has 0 aliphatic carbocycles. The van der Waals surface area contributed by atoms with Crippen molar-refractivity contribution in [3.8, 4) is 57.5 Å². The van der Waals surface area contributed by atoms with Crippen LogP contribution in [0.15, 0.2) is 238 Å². The summed E-state index contributed by atoms with van der Waals surface area (Å²) in [5, 5.41) is 0.477. The minimum Gasteiger partial charge on any atom is -0.456 e. The van der Waals surface area contributed by atoms with E-state index in [4.69, 9.17) is 35.3 Å². The zero-order valence-electron chi connectivity index (χ0n) is 72.5. The van der Waals surface area contributed by atoms with Crippen molar-refractivity contribution in [3.63, 3.8) is 0 Å². The molecule has 648 valence electrons. The Balaban J connectivity index is 0.000000155. The third-order valence-corrected chi connectivity index (χ3v) is 18.7. The number of rotatable bonds is 28. The van der Waals surface area contributed by atoms with Crippen molar-refractivity contribution in [1.82, 2.24) is 79.7 Å². The van der Waals surface area contributed by atoms with E-state index >= 15 is 0 Å². The second-order valence-electron chi connectivity index (χ2n) is 29.4. The van der Waals surface area contributed by atoms with E-state index in [1.54, 1.807) is 97.8 Å². The van der Waals surface area contributed by atoms with Crippen molar-refractivity contribution in [2.24, 2.45) is 0 Å². The molecule has 0 bridgehead atoms. The molecule has 0 aromatic carbocycles. The van der Waals surface area contributed by atoms with E-state index in [0.717, 1.165) is 74.6 Å². The molecule has 15 rings (SSSR count). The fourth-order valence-electron chi connectivity index (χ4n) is 12.0. The van der Waals surface area contributed by atoms with E-state index in [0.29, 0.717) is 133 Å². The lowest BCUT2D eigenvalue weighted by Crippen LogP contribution is -2.09. The van der Waals surface area contributed by atoms with Crippen LogP contribution in [0.5, 0.6) is 57.5 Å². The Labute approximate surface area is 744 Å². The lowest BCUT2D eigenvalue weighted by molar-refractivity contribution is 0.0978. The summed E-state index contributed by atoms with van der Waals surface area (Å²) in [6.45, 7) is 23.0. The summed E-state index contributed by atoms with van der Waals surface area (Å²) < 4.78 is 55.2. The first kappa shape index (κ1) is 93.4. The first-order valence-electron chi connectivity index (χ1n) is 40.8. The van der Waals surface area contributed by atoms with Crippen LogP contribution in [-0.2, 0) is 51.4 Å². The van der Waals surface area contributed by atoms with E-state index in [-0.39, 0.29) is 72.5 Å². The lowest BCUT2D eigenvalue weighted by Gasteiger charge is -2.09. The number of hydrogen-bond acceptors (Lipinski definition) is 26. The van der Waals surface area contributed by atoms with Gasteiger partial charge in [-0.25, -0.2) is 43.7 Å². The van der Waals surface area contributed by atoms with Gasteiger partial charge in [-0.05, 0) is 153 Å². The van der Waals surface area contributed by atoms with E-state index in [9.17, 15) is 32.8 Å². The predicted molar refractivity (Wildman–Crippen MR) is 478 cm³/mol. The van der Waals surface area contributed by atoms with Crippen LogP contribution in [-0.4, -0.2) is 109 Å². The third kappa shape index (κ3) is 29.7. The van der Waals surface area contributed by atoms with Gasteiger partial charge in [0.1, 0.15) is 98.2 Å². The average molecular weight is 1740 g/mol. The fraction of sp³-hybridized carbons (Fsp3) is 0.202. The van der Waals surface area contributed by atoms with Gasteiger partial charge in [-0.3, -0.25) is 68.8 Å². The van der Waals surface area contributed by atoms with E-state index < -0.39 is 11.6 Å². The molecule has 0 spiro atoms. The molecule has 15 aromatic heterocycles. The highest BCUT2D eigenvalue weighted by molar-refractivity contribution is 6.30. The number of ether oxygens (including phenoxy) is 5. The molecule has 0 amide bonds. The molecular formula is C99H91ClF2N16O10. The zero-order valence-corrected chi connectivity index (χ0v) is 73.3. The minimum absolute atomic E-state index is 0.0892. The quantitative estimate of drug-likeness (QED) is 0.0411. The summed E-state index contributed by atoms with van der Waals surface area (Å²) in [5.41, 5.74) is 15.6. The number of hydrogen-bond donors (Lipinski definition) is 0. The highest BCUT2D eigenvalue weighted by Gasteiger charge is 2.20. The summed E-state index contributed by atoms with van der Waals surface area (Å²) >= 11 is 5.91. The summed E-state index contributed by atoms with van der Waals surface area (Å²) in [6.07, 6.45) is 20.7. The van der Waals surface area contributed by atoms with Crippen LogP contribution < -0.4 is 23.7 Å². The molecule has 29 heteroatoms. The number of aromatic nitrogens is 16. The van der Waals surface area contributed by atoms with Crippen LogP contribution in [0.3, 0.4) is 0 Å². The number of aryl methyl sites for hydroxylation is 12. The normalized spacial score (nSPS) is 10.6. The molecule has 0 aliphatic rings. The number of pyridine rings is 14. The van der Waals surface area contributed by atoms with Gasteiger partial charge in [0, 0.05) is 177 Å². The van der Waals surface area contributed by atoms with Crippen LogP contribution >= 0.6 is 11.6 Å². The van der Waals surface area contributed by atoms with Crippen LogP contribution in [0, 0.1) is 73.9 Å². The lowest BCUT2D eigenvalue weighted by atomic mass is 10.1. The van der Waals surface area contributed by atoms with Crippen LogP contribution in [0.4, 0.5) is 8.78 Å². The molecule has 0 unspecified atom stereocenters. The first-order chi connectivity index (χ1) is 61.6. The van der Waals surface area contributed by atoms with Crippen LogP contribution in [0.25, 0.3) is 0 Å². The van der Waals surface area contributed by atoms with Gasteiger partial charge in [0.05, 0.1) is 86.7 Å². The Morgan fingerprint density at radius 3 is 1.02 bits per heavy atom. The molecule has 0 radical (unpaired) electrons. The van der Waals surface area contributed by atoms with Crippen LogP contribution in [0.1, 0.15) is 170 Å². The largest absolute Gasteiger partial charge is 0.456 e. The third-order valence-electron chi connectivity index (χ3n) is 18.5. The molecule has 0 fully saturated rings.